The highest BCUT2D eigenvalue weighted by atomic mass is 32.2. The maximum atomic E-state index is 13.0. The van der Waals surface area contributed by atoms with Crippen molar-refractivity contribution >= 4 is 10.0 Å². The van der Waals surface area contributed by atoms with E-state index in [0.29, 0.717) is 30.5 Å². The zero-order valence-corrected chi connectivity index (χ0v) is 17.5. The fraction of sp³-hybridized carbons (Fsp3) is 0.700. The molecule has 1 atom stereocenters. The molecule has 1 aromatic rings. The molecule has 2 fully saturated rings. The van der Waals surface area contributed by atoms with Crippen LogP contribution in [0.3, 0.4) is 0 Å². The second-order valence-electron chi connectivity index (χ2n) is 7.87. The highest BCUT2D eigenvalue weighted by Gasteiger charge is 2.31. The molecule has 0 saturated carbocycles. The van der Waals surface area contributed by atoms with Gasteiger partial charge < -0.3 is 14.4 Å². The summed E-state index contributed by atoms with van der Waals surface area (Å²) < 4.78 is 38.1. The van der Waals surface area contributed by atoms with E-state index in [4.69, 9.17) is 9.47 Å². The monoisotopic (exact) mass is 396 g/mol. The highest BCUT2D eigenvalue weighted by molar-refractivity contribution is 7.89. The van der Waals surface area contributed by atoms with Crippen LogP contribution in [0.2, 0.25) is 0 Å². The average molecular weight is 397 g/mol. The lowest BCUT2D eigenvalue weighted by molar-refractivity contribution is 0.136. The number of benzene rings is 1. The summed E-state index contributed by atoms with van der Waals surface area (Å²) in [4.78, 5) is 2.83. The Balaban J connectivity index is 1.61. The third-order valence-corrected chi connectivity index (χ3v) is 7.72. The SMILES string of the molecule is COc1ccc(S(=O)(=O)N2CCC(CN3CCC[C@H](C)C3)CC2)cc1OC. The topological polar surface area (TPSA) is 59.1 Å². The minimum atomic E-state index is -3.50. The number of ether oxygens (including phenoxy) is 2. The van der Waals surface area contributed by atoms with E-state index in [2.05, 4.69) is 11.8 Å². The standard InChI is InChI=1S/C20H32N2O4S/c1-16-5-4-10-21(14-16)15-17-8-11-22(12-9-17)27(23,24)18-6-7-19(25-2)20(13-18)26-3/h6-7,13,16-17H,4-5,8-12,14-15H2,1-3H3/t16-/m0/s1. The van der Waals surface area contributed by atoms with Crippen LogP contribution in [0.25, 0.3) is 0 Å². The summed E-state index contributed by atoms with van der Waals surface area (Å²) in [7, 11) is -0.444. The fourth-order valence-corrected chi connectivity index (χ4v) is 5.76. The summed E-state index contributed by atoms with van der Waals surface area (Å²) in [5.74, 6) is 2.34. The lowest BCUT2D eigenvalue weighted by atomic mass is 9.94. The van der Waals surface area contributed by atoms with Crippen LogP contribution in [-0.2, 0) is 10.0 Å². The highest BCUT2D eigenvalue weighted by Crippen LogP contribution is 2.32. The Hall–Kier alpha value is -1.31. The molecular formula is C20H32N2O4S. The fourth-order valence-electron chi connectivity index (χ4n) is 4.28. The molecule has 0 unspecified atom stereocenters. The Morgan fingerprint density at radius 2 is 1.74 bits per heavy atom. The minimum absolute atomic E-state index is 0.267. The second-order valence-corrected chi connectivity index (χ2v) is 9.81. The number of rotatable bonds is 6. The third kappa shape index (κ3) is 4.76. The lowest BCUT2D eigenvalue weighted by Gasteiger charge is -2.37. The second kappa shape index (κ2) is 8.80. The smallest absolute Gasteiger partial charge is 0.243 e. The van der Waals surface area contributed by atoms with Crippen molar-refractivity contribution in [3.05, 3.63) is 18.2 Å². The van der Waals surface area contributed by atoms with Crippen LogP contribution in [0.15, 0.2) is 23.1 Å². The largest absolute Gasteiger partial charge is 0.493 e. The maximum absolute atomic E-state index is 13.0. The Morgan fingerprint density at radius 1 is 1.04 bits per heavy atom. The number of piperidine rings is 2. The van der Waals surface area contributed by atoms with Gasteiger partial charge >= 0.3 is 0 Å². The normalized spacial score (nSPS) is 23.3. The van der Waals surface area contributed by atoms with Crippen LogP contribution < -0.4 is 9.47 Å². The van der Waals surface area contributed by atoms with Crippen molar-refractivity contribution in [2.45, 2.75) is 37.5 Å². The summed E-state index contributed by atoms with van der Waals surface area (Å²) >= 11 is 0. The summed E-state index contributed by atoms with van der Waals surface area (Å²) in [6.07, 6.45) is 4.47. The van der Waals surface area contributed by atoms with E-state index in [1.807, 2.05) is 0 Å². The Kier molecular flexibility index (Phi) is 6.65. The van der Waals surface area contributed by atoms with Crippen LogP contribution >= 0.6 is 0 Å². The van der Waals surface area contributed by atoms with Crippen molar-refractivity contribution in [1.82, 2.24) is 9.21 Å². The van der Waals surface area contributed by atoms with Gasteiger partial charge in [-0.1, -0.05) is 6.92 Å². The number of hydrogen-bond donors (Lipinski definition) is 0. The molecule has 0 amide bonds. The number of sulfonamides is 1. The zero-order valence-electron chi connectivity index (χ0n) is 16.7. The van der Waals surface area contributed by atoms with Crippen molar-refractivity contribution in [2.75, 3.05) is 46.9 Å². The first-order chi connectivity index (χ1) is 12.9. The molecule has 1 aromatic carbocycles. The Morgan fingerprint density at radius 3 is 2.37 bits per heavy atom. The summed E-state index contributed by atoms with van der Waals surface area (Å²) in [5.41, 5.74) is 0. The van der Waals surface area contributed by atoms with Gasteiger partial charge in [0.2, 0.25) is 10.0 Å². The molecular weight excluding hydrogens is 364 g/mol. The summed E-state index contributed by atoms with van der Waals surface area (Å²) in [6, 6.07) is 4.79. The first-order valence-corrected chi connectivity index (χ1v) is 11.3. The molecule has 152 valence electrons. The molecule has 2 heterocycles. The number of methoxy groups -OCH3 is 2. The van der Waals surface area contributed by atoms with E-state index in [1.54, 1.807) is 29.6 Å². The van der Waals surface area contributed by atoms with Gasteiger partial charge in [0.1, 0.15) is 0 Å². The van der Waals surface area contributed by atoms with Crippen molar-refractivity contribution in [1.29, 1.82) is 0 Å². The molecule has 2 aliphatic rings. The van der Waals surface area contributed by atoms with Crippen molar-refractivity contribution < 1.29 is 17.9 Å². The van der Waals surface area contributed by atoms with Gasteiger partial charge in [-0.3, -0.25) is 0 Å². The van der Waals surface area contributed by atoms with E-state index in [9.17, 15) is 8.42 Å². The van der Waals surface area contributed by atoms with Gasteiger partial charge in [0.25, 0.3) is 0 Å². The van der Waals surface area contributed by atoms with Crippen molar-refractivity contribution in [2.24, 2.45) is 11.8 Å². The zero-order chi connectivity index (χ0) is 19.4. The minimum Gasteiger partial charge on any atom is -0.493 e. The van der Waals surface area contributed by atoms with Gasteiger partial charge in [0.15, 0.2) is 11.5 Å². The quantitative estimate of drug-likeness (QED) is 0.740. The van der Waals surface area contributed by atoms with Crippen LogP contribution in [0.4, 0.5) is 0 Å². The molecule has 0 radical (unpaired) electrons. The predicted molar refractivity (Wildman–Crippen MR) is 106 cm³/mol. The molecule has 0 bridgehead atoms. The van der Waals surface area contributed by atoms with E-state index >= 15 is 0 Å². The van der Waals surface area contributed by atoms with Gasteiger partial charge in [0.05, 0.1) is 19.1 Å². The van der Waals surface area contributed by atoms with E-state index in [1.165, 1.54) is 33.0 Å². The maximum Gasteiger partial charge on any atom is 0.243 e. The number of likely N-dealkylation sites (tertiary alicyclic amines) is 1. The van der Waals surface area contributed by atoms with Gasteiger partial charge in [-0.15, -0.1) is 0 Å². The predicted octanol–water partition coefficient (Wildman–Crippen LogP) is 2.84. The number of nitrogens with zero attached hydrogens (tertiary/aromatic N) is 2. The lowest BCUT2D eigenvalue weighted by Crippen LogP contribution is -2.43. The molecule has 2 aliphatic heterocycles. The molecule has 0 aromatic heterocycles. The van der Waals surface area contributed by atoms with E-state index < -0.39 is 10.0 Å². The van der Waals surface area contributed by atoms with Gasteiger partial charge in [-0.2, -0.15) is 4.31 Å². The van der Waals surface area contributed by atoms with Crippen molar-refractivity contribution in [3.63, 3.8) is 0 Å². The molecule has 27 heavy (non-hydrogen) atoms. The van der Waals surface area contributed by atoms with Crippen LogP contribution in [-0.4, -0.2) is 64.6 Å². The van der Waals surface area contributed by atoms with Gasteiger partial charge in [-0.05, 0) is 56.2 Å². The number of hydrogen-bond acceptors (Lipinski definition) is 5. The van der Waals surface area contributed by atoms with Crippen molar-refractivity contribution in [3.8, 4) is 11.5 Å². The van der Waals surface area contributed by atoms with Crippen LogP contribution in [0.1, 0.15) is 32.6 Å². The first-order valence-electron chi connectivity index (χ1n) is 9.88. The summed E-state index contributed by atoms with van der Waals surface area (Å²) in [6.45, 7) is 6.98. The molecule has 0 spiro atoms. The van der Waals surface area contributed by atoms with Crippen LogP contribution in [0.5, 0.6) is 11.5 Å². The third-order valence-electron chi connectivity index (χ3n) is 5.82. The Labute approximate surface area is 163 Å². The van der Waals surface area contributed by atoms with E-state index in [0.717, 1.165) is 25.3 Å². The molecule has 7 heteroatoms. The van der Waals surface area contributed by atoms with Crippen LogP contribution in [0, 0.1) is 11.8 Å². The first kappa shape index (κ1) is 20.4. The van der Waals surface area contributed by atoms with Gasteiger partial charge in [0, 0.05) is 32.2 Å². The Bertz CT molecular complexity index is 729. The van der Waals surface area contributed by atoms with Gasteiger partial charge in [-0.25, -0.2) is 8.42 Å². The molecule has 2 saturated heterocycles. The van der Waals surface area contributed by atoms with E-state index in [-0.39, 0.29) is 4.90 Å². The molecule has 6 nitrogen and oxygen atoms in total. The molecule has 0 aliphatic carbocycles. The summed E-state index contributed by atoms with van der Waals surface area (Å²) in [5, 5.41) is 0. The molecule has 0 N–H and O–H groups in total. The average Bonchev–Trinajstić information content (AvgIpc) is 2.68. The molecule has 3 rings (SSSR count).